The lowest BCUT2D eigenvalue weighted by Gasteiger charge is -2.20. The minimum absolute atomic E-state index is 0.107. The van der Waals surface area contributed by atoms with Gasteiger partial charge in [0.15, 0.2) is 0 Å². The van der Waals surface area contributed by atoms with Crippen molar-refractivity contribution in [3.8, 4) is 0 Å². The number of nitrogens with zero attached hydrogens (tertiary/aromatic N) is 2. The molecule has 1 fully saturated rings. The second kappa shape index (κ2) is 5.32. The van der Waals surface area contributed by atoms with Gasteiger partial charge in [-0.25, -0.2) is 0 Å². The molecule has 1 aliphatic rings. The highest BCUT2D eigenvalue weighted by molar-refractivity contribution is 5.74. The minimum Gasteiger partial charge on any atom is -0.480 e. The summed E-state index contributed by atoms with van der Waals surface area (Å²) in [5, 5.41) is 18.5. The van der Waals surface area contributed by atoms with Crippen LogP contribution in [-0.4, -0.2) is 50.9 Å². The molecule has 0 aromatic carbocycles. The summed E-state index contributed by atoms with van der Waals surface area (Å²) >= 11 is 0. The van der Waals surface area contributed by atoms with E-state index in [2.05, 4.69) is 0 Å². The van der Waals surface area contributed by atoms with Gasteiger partial charge < -0.3 is 14.8 Å². The Morgan fingerprint density at radius 2 is 2.17 bits per heavy atom. The molecule has 1 saturated heterocycles. The minimum atomic E-state index is -0.924. The Morgan fingerprint density at radius 1 is 1.39 bits per heavy atom. The van der Waals surface area contributed by atoms with E-state index in [-0.39, 0.29) is 12.0 Å². The van der Waals surface area contributed by atoms with Gasteiger partial charge >= 0.3 is 5.97 Å². The summed E-state index contributed by atoms with van der Waals surface area (Å²) in [6, 6.07) is 4.24. The second-order valence-corrected chi connectivity index (χ2v) is 4.47. The lowest BCUT2D eigenvalue weighted by molar-refractivity contribution is -0.142. The molecule has 1 aromatic rings. The SMILES string of the molecule is O=C(O)C1CC(O)CN1CCn1ccccc1=O. The number of aliphatic carboxylic acids is 1. The number of β-amino-alcohol motifs (C(OH)–C–C–N with tert-alkyl or cyclic N) is 1. The van der Waals surface area contributed by atoms with Gasteiger partial charge in [-0.05, 0) is 6.07 Å². The number of carboxylic acids is 1. The fraction of sp³-hybridized carbons (Fsp3) is 0.500. The summed E-state index contributed by atoms with van der Waals surface area (Å²) in [6.45, 7) is 1.21. The standard InChI is InChI=1S/C12H16N2O4/c15-9-7-10(12(17)18)14(8-9)6-5-13-4-2-1-3-11(13)16/h1-4,9-10,15H,5-8H2,(H,17,18). The molecule has 1 aromatic heterocycles. The van der Waals surface area contributed by atoms with E-state index >= 15 is 0 Å². The number of carboxylic acid groups (broad SMARTS) is 1. The van der Waals surface area contributed by atoms with Crippen molar-refractivity contribution in [3.05, 3.63) is 34.7 Å². The van der Waals surface area contributed by atoms with Crippen molar-refractivity contribution in [2.24, 2.45) is 0 Å². The molecular formula is C12H16N2O4. The summed E-state index contributed by atoms with van der Waals surface area (Å²) in [5.41, 5.74) is -0.107. The maximum atomic E-state index is 11.5. The molecule has 1 aliphatic heterocycles. The highest BCUT2D eigenvalue weighted by Crippen LogP contribution is 2.17. The molecule has 6 heteroatoms. The Labute approximate surface area is 104 Å². The van der Waals surface area contributed by atoms with Crippen molar-refractivity contribution >= 4 is 5.97 Å². The van der Waals surface area contributed by atoms with Crippen LogP contribution in [0.1, 0.15) is 6.42 Å². The zero-order valence-corrected chi connectivity index (χ0v) is 9.90. The number of pyridine rings is 1. The quantitative estimate of drug-likeness (QED) is 0.745. The van der Waals surface area contributed by atoms with E-state index in [1.807, 2.05) is 0 Å². The van der Waals surface area contributed by atoms with Gasteiger partial charge in [0.05, 0.1) is 6.10 Å². The third-order valence-corrected chi connectivity index (χ3v) is 3.19. The van der Waals surface area contributed by atoms with Gasteiger partial charge in [0, 0.05) is 38.3 Å². The lowest BCUT2D eigenvalue weighted by atomic mass is 10.2. The van der Waals surface area contributed by atoms with Gasteiger partial charge in [-0.3, -0.25) is 14.5 Å². The highest BCUT2D eigenvalue weighted by Gasteiger charge is 2.35. The maximum Gasteiger partial charge on any atom is 0.321 e. The number of likely N-dealkylation sites (tertiary alicyclic amines) is 1. The van der Waals surface area contributed by atoms with Crippen LogP contribution in [0.3, 0.4) is 0 Å². The first-order chi connectivity index (χ1) is 8.58. The van der Waals surface area contributed by atoms with E-state index in [0.717, 1.165) is 0 Å². The first-order valence-electron chi connectivity index (χ1n) is 5.88. The number of hydrogen-bond acceptors (Lipinski definition) is 4. The summed E-state index contributed by atoms with van der Waals surface area (Å²) in [4.78, 5) is 24.2. The van der Waals surface area contributed by atoms with Crippen molar-refractivity contribution in [2.45, 2.75) is 25.1 Å². The van der Waals surface area contributed by atoms with Crippen molar-refractivity contribution in [2.75, 3.05) is 13.1 Å². The van der Waals surface area contributed by atoms with Gasteiger partial charge in [-0.1, -0.05) is 6.07 Å². The van der Waals surface area contributed by atoms with Crippen LogP contribution in [0.15, 0.2) is 29.2 Å². The molecule has 0 spiro atoms. The van der Waals surface area contributed by atoms with Crippen molar-refractivity contribution in [1.82, 2.24) is 9.47 Å². The zero-order valence-electron chi connectivity index (χ0n) is 9.90. The van der Waals surface area contributed by atoms with E-state index in [9.17, 15) is 14.7 Å². The van der Waals surface area contributed by atoms with Gasteiger partial charge in [-0.15, -0.1) is 0 Å². The van der Waals surface area contributed by atoms with Crippen LogP contribution in [0.4, 0.5) is 0 Å². The van der Waals surface area contributed by atoms with Crippen LogP contribution >= 0.6 is 0 Å². The topological polar surface area (TPSA) is 82.8 Å². The number of rotatable bonds is 4. The molecule has 2 N–H and O–H groups in total. The van der Waals surface area contributed by atoms with Crippen LogP contribution < -0.4 is 5.56 Å². The fourth-order valence-corrected chi connectivity index (χ4v) is 2.26. The molecule has 0 saturated carbocycles. The van der Waals surface area contributed by atoms with Gasteiger partial charge in [0.1, 0.15) is 6.04 Å². The third kappa shape index (κ3) is 2.77. The summed E-state index contributed by atoms with van der Waals surface area (Å²) < 4.78 is 1.53. The van der Waals surface area contributed by atoms with Crippen molar-refractivity contribution in [3.63, 3.8) is 0 Å². The average molecular weight is 252 g/mol. The summed E-state index contributed by atoms with van der Waals surface area (Å²) in [7, 11) is 0. The zero-order chi connectivity index (χ0) is 13.1. The van der Waals surface area contributed by atoms with Gasteiger partial charge in [-0.2, -0.15) is 0 Å². The molecule has 2 rings (SSSR count). The van der Waals surface area contributed by atoms with Crippen LogP contribution in [0, 0.1) is 0 Å². The van der Waals surface area contributed by atoms with E-state index in [4.69, 9.17) is 5.11 Å². The molecule has 0 bridgehead atoms. The Bertz CT molecular complexity index is 485. The number of carbonyl (C=O) groups is 1. The van der Waals surface area contributed by atoms with Crippen molar-refractivity contribution < 1.29 is 15.0 Å². The third-order valence-electron chi connectivity index (χ3n) is 3.19. The number of aromatic nitrogens is 1. The first kappa shape index (κ1) is 12.8. The Balaban J connectivity index is 2.00. The Morgan fingerprint density at radius 3 is 2.83 bits per heavy atom. The van der Waals surface area contributed by atoms with E-state index in [0.29, 0.717) is 19.6 Å². The maximum absolute atomic E-state index is 11.5. The molecule has 0 aliphatic carbocycles. The molecule has 6 nitrogen and oxygen atoms in total. The molecular weight excluding hydrogens is 236 g/mol. The number of aliphatic hydroxyl groups excluding tert-OH is 1. The van der Waals surface area contributed by atoms with Crippen molar-refractivity contribution in [1.29, 1.82) is 0 Å². The molecule has 2 atom stereocenters. The van der Waals surface area contributed by atoms with Gasteiger partial charge in [0.25, 0.3) is 5.56 Å². The predicted molar refractivity (Wildman–Crippen MR) is 64.3 cm³/mol. The molecule has 2 unspecified atom stereocenters. The Hall–Kier alpha value is -1.66. The average Bonchev–Trinajstić information content (AvgIpc) is 2.70. The number of hydrogen-bond donors (Lipinski definition) is 2. The largest absolute Gasteiger partial charge is 0.480 e. The van der Waals surface area contributed by atoms with Gasteiger partial charge in [0.2, 0.25) is 0 Å². The normalized spacial score (nSPS) is 24.3. The van der Waals surface area contributed by atoms with Crippen LogP contribution in [0.25, 0.3) is 0 Å². The molecule has 98 valence electrons. The highest BCUT2D eigenvalue weighted by atomic mass is 16.4. The predicted octanol–water partition coefficient (Wildman–Crippen LogP) is -0.632. The molecule has 2 heterocycles. The number of aliphatic hydroxyl groups is 1. The monoisotopic (exact) mass is 252 g/mol. The molecule has 18 heavy (non-hydrogen) atoms. The van der Waals surface area contributed by atoms with E-state index < -0.39 is 18.1 Å². The summed E-state index contributed by atoms with van der Waals surface area (Å²) in [6.07, 6.45) is 1.32. The Kier molecular flexibility index (Phi) is 3.78. The summed E-state index contributed by atoms with van der Waals surface area (Å²) in [5.74, 6) is -0.924. The van der Waals surface area contributed by atoms with E-state index in [1.54, 1.807) is 23.2 Å². The van der Waals surface area contributed by atoms with Crippen LogP contribution in [0.2, 0.25) is 0 Å². The second-order valence-electron chi connectivity index (χ2n) is 4.47. The lowest BCUT2D eigenvalue weighted by Crippen LogP contribution is -2.39. The van der Waals surface area contributed by atoms with E-state index in [1.165, 1.54) is 10.6 Å². The fourth-order valence-electron chi connectivity index (χ4n) is 2.26. The first-order valence-corrected chi connectivity index (χ1v) is 5.88. The molecule has 0 radical (unpaired) electrons. The van der Waals surface area contributed by atoms with Crippen LogP contribution in [0.5, 0.6) is 0 Å². The smallest absolute Gasteiger partial charge is 0.321 e. The van der Waals surface area contributed by atoms with Crippen LogP contribution in [-0.2, 0) is 11.3 Å². The molecule has 0 amide bonds.